The minimum absolute atomic E-state index is 0.0884. The molecule has 2 aliphatic rings. The summed E-state index contributed by atoms with van der Waals surface area (Å²) in [5.74, 6) is 1.01. The van der Waals surface area contributed by atoms with Crippen molar-refractivity contribution in [3.63, 3.8) is 0 Å². The number of nitrogens with zero attached hydrogens (tertiary/aromatic N) is 3. The van der Waals surface area contributed by atoms with Crippen LogP contribution in [0.15, 0.2) is 22.5 Å². The molecule has 2 aliphatic heterocycles. The Bertz CT molecular complexity index is 661. The summed E-state index contributed by atoms with van der Waals surface area (Å²) in [6.45, 7) is 2.84. The summed E-state index contributed by atoms with van der Waals surface area (Å²) in [5.41, 5.74) is 0. The smallest absolute Gasteiger partial charge is 0.324 e. The van der Waals surface area contributed by atoms with Crippen LogP contribution >= 0.6 is 11.3 Å². The Hall–Kier alpha value is -2.13. The SMILES string of the molecule is CN=C(NCCN1C(=O)CNC1=O)NCC1CCCN(C)C1c1cccs1. The molecule has 0 saturated carbocycles. The molecule has 2 fully saturated rings. The predicted octanol–water partition coefficient (Wildman–Crippen LogP) is 0.848. The molecule has 3 heterocycles. The second-order valence-electron chi connectivity index (χ2n) is 6.93. The van der Waals surface area contributed by atoms with Crippen LogP contribution < -0.4 is 16.0 Å². The Kier molecular flexibility index (Phi) is 6.68. The highest BCUT2D eigenvalue weighted by molar-refractivity contribution is 7.10. The van der Waals surface area contributed by atoms with E-state index in [2.05, 4.69) is 50.4 Å². The zero-order chi connectivity index (χ0) is 19.2. The molecule has 9 heteroatoms. The van der Waals surface area contributed by atoms with Crippen LogP contribution in [-0.4, -0.2) is 74.5 Å². The number of urea groups is 1. The van der Waals surface area contributed by atoms with E-state index < -0.39 is 0 Å². The van der Waals surface area contributed by atoms with Gasteiger partial charge in [-0.1, -0.05) is 6.07 Å². The normalized spacial score (nSPS) is 24.2. The molecule has 3 amide bonds. The molecule has 0 radical (unpaired) electrons. The minimum Gasteiger partial charge on any atom is -0.356 e. The van der Waals surface area contributed by atoms with E-state index in [4.69, 9.17) is 0 Å². The molecule has 0 aromatic carbocycles. The van der Waals surface area contributed by atoms with Gasteiger partial charge in [-0.15, -0.1) is 11.3 Å². The monoisotopic (exact) mass is 392 g/mol. The number of likely N-dealkylation sites (tertiary alicyclic amines) is 1. The van der Waals surface area contributed by atoms with E-state index in [1.165, 1.54) is 22.6 Å². The molecule has 3 rings (SSSR count). The van der Waals surface area contributed by atoms with Gasteiger partial charge in [0.1, 0.15) is 0 Å². The van der Waals surface area contributed by atoms with Gasteiger partial charge in [0.2, 0.25) is 5.91 Å². The number of carbonyl (C=O) groups is 2. The van der Waals surface area contributed by atoms with E-state index in [0.717, 1.165) is 13.1 Å². The number of imide groups is 1. The molecule has 0 aliphatic carbocycles. The lowest BCUT2D eigenvalue weighted by Crippen LogP contribution is -2.46. The molecule has 2 unspecified atom stereocenters. The highest BCUT2D eigenvalue weighted by atomic mass is 32.1. The summed E-state index contributed by atoms with van der Waals surface area (Å²) < 4.78 is 0. The van der Waals surface area contributed by atoms with Crippen LogP contribution in [0, 0.1) is 5.92 Å². The highest BCUT2D eigenvalue weighted by Crippen LogP contribution is 2.36. The number of hydrogen-bond acceptors (Lipinski definition) is 5. The number of amides is 3. The summed E-state index contributed by atoms with van der Waals surface area (Å²) >= 11 is 1.81. The van der Waals surface area contributed by atoms with Gasteiger partial charge in [0, 0.05) is 37.6 Å². The first kappa shape index (κ1) is 19.6. The first-order valence-electron chi connectivity index (χ1n) is 9.36. The van der Waals surface area contributed by atoms with Gasteiger partial charge < -0.3 is 16.0 Å². The molecule has 8 nitrogen and oxygen atoms in total. The first-order valence-corrected chi connectivity index (χ1v) is 10.2. The van der Waals surface area contributed by atoms with Crippen molar-refractivity contribution >= 4 is 29.2 Å². The lowest BCUT2D eigenvalue weighted by molar-refractivity contribution is -0.124. The average molecular weight is 393 g/mol. The van der Waals surface area contributed by atoms with Crippen molar-refractivity contribution in [1.29, 1.82) is 0 Å². The molecule has 148 valence electrons. The van der Waals surface area contributed by atoms with Crippen molar-refractivity contribution in [3.05, 3.63) is 22.4 Å². The maximum absolute atomic E-state index is 11.6. The van der Waals surface area contributed by atoms with Crippen molar-refractivity contribution < 1.29 is 9.59 Å². The van der Waals surface area contributed by atoms with Crippen molar-refractivity contribution in [3.8, 4) is 0 Å². The van der Waals surface area contributed by atoms with Gasteiger partial charge in [0.05, 0.1) is 6.54 Å². The second-order valence-corrected chi connectivity index (χ2v) is 7.91. The van der Waals surface area contributed by atoms with Crippen LogP contribution in [0.1, 0.15) is 23.8 Å². The molecule has 2 saturated heterocycles. The zero-order valence-electron chi connectivity index (χ0n) is 15.9. The standard InChI is InChI=1S/C18H28N6O2S/c1-19-17(20-7-9-24-15(25)12-22-18(24)26)21-11-13-5-3-8-23(2)16(13)14-6-4-10-27-14/h4,6,10,13,16H,3,5,7-9,11-12H2,1-2H3,(H,22,26)(H2,19,20,21). The summed E-state index contributed by atoms with van der Waals surface area (Å²) in [7, 11) is 3.93. The third kappa shape index (κ3) is 4.78. The molecule has 27 heavy (non-hydrogen) atoms. The predicted molar refractivity (Wildman–Crippen MR) is 107 cm³/mol. The second kappa shape index (κ2) is 9.18. The number of aliphatic imine (C=N–C) groups is 1. The molecule has 0 bridgehead atoms. The quantitative estimate of drug-likeness (QED) is 0.379. The van der Waals surface area contributed by atoms with E-state index >= 15 is 0 Å². The Morgan fingerprint density at radius 3 is 2.93 bits per heavy atom. The van der Waals surface area contributed by atoms with Crippen LogP contribution in [-0.2, 0) is 4.79 Å². The first-order chi connectivity index (χ1) is 13.1. The van der Waals surface area contributed by atoms with Crippen LogP contribution in [0.5, 0.6) is 0 Å². The van der Waals surface area contributed by atoms with Crippen molar-refractivity contribution in [2.75, 3.05) is 46.8 Å². The van der Waals surface area contributed by atoms with Crippen molar-refractivity contribution in [2.24, 2.45) is 10.9 Å². The summed E-state index contributed by atoms with van der Waals surface area (Å²) in [6, 6.07) is 4.43. The largest absolute Gasteiger partial charge is 0.356 e. The number of rotatable bonds is 6. The third-order valence-corrected chi connectivity index (χ3v) is 6.10. The Morgan fingerprint density at radius 1 is 1.41 bits per heavy atom. The van der Waals surface area contributed by atoms with Gasteiger partial charge in [-0.2, -0.15) is 0 Å². The van der Waals surface area contributed by atoms with Crippen LogP contribution in [0.4, 0.5) is 4.79 Å². The molecule has 1 aromatic rings. The number of thiophene rings is 1. The van der Waals surface area contributed by atoms with E-state index in [1.54, 1.807) is 7.05 Å². The zero-order valence-corrected chi connectivity index (χ0v) is 16.7. The fraction of sp³-hybridized carbons (Fsp3) is 0.611. The van der Waals surface area contributed by atoms with Crippen molar-refractivity contribution in [2.45, 2.75) is 18.9 Å². The fourth-order valence-electron chi connectivity index (χ4n) is 3.80. The molecular formula is C18H28N6O2S. The van der Waals surface area contributed by atoms with Gasteiger partial charge in [-0.05, 0) is 43.8 Å². The van der Waals surface area contributed by atoms with E-state index in [0.29, 0.717) is 31.0 Å². The summed E-state index contributed by atoms with van der Waals surface area (Å²) in [6.07, 6.45) is 2.38. The Morgan fingerprint density at radius 2 is 2.26 bits per heavy atom. The maximum atomic E-state index is 11.6. The number of nitrogens with one attached hydrogen (secondary N) is 3. The molecule has 1 aromatic heterocycles. The minimum atomic E-state index is -0.325. The van der Waals surface area contributed by atoms with Gasteiger partial charge in [-0.3, -0.25) is 19.6 Å². The molecule has 3 N–H and O–H groups in total. The van der Waals surface area contributed by atoms with E-state index in [9.17, 15) is 9.59 Å². The highest BCUT2D eigenvalue weighted by Gasteiger charge is 2.31. The molecule has 0 spiro atoms. The average Bonchev–Trinajstić information content (AvgIpc) is 3.29. The Balaban J connectivity index is 1.49. The number of carbonyl (C=O) groups excluding carboxylic acids is 2. The topological polar surface area (TPSA) is 89.1 Å². The third-order valence-electron chi connectivity index (χ3n) is 5.16. The number of piperidine rings is 1. The van der Waals surface area contributed by atoms with E-state index in [1.807, 2.05) is 11.3 Å². The van der Waals surface area contributed by atoms with Crippen LogP contribution in [0.2, 0.25) is 0 Å². The molecular weight excluding hydrogens is 364 g/mol. The van der Waals surface area contributed by atoms with Gasteiger partial charge in [0.15, 0.2) is 5.96 Å². The van der Waals surface area contributed by atoms with Crippen LogP contribution in [0.25, 0.3) is 0 Å². The van der Waals surface area contributed by atoms with Gasteiger partial charge in [0.25, 0.3) is 0 Å². The molecule has 2 atom stereocenters. The van der Waals surface area contributed by atoms with Crippen LogP contribution in [0.3, 0.4) is 0 Å². The number of guanidine groups is 1. The lowest BCUT2D eigenvalue weighted by Gasteiger charge is -2.39. The van der Waals surface area contributed by atoms with Gasteiger partial charge >= 0.3 is 6.03 Å². The summed E-state index contributed by atoms with van der Waals surface area (Å²) in [4.78, 5) is 32.5. The lowest BCUT2D eigenvalue weighted by atomic mass is 9.88. The van der Waals surface area contributed by atoms with Crippen molar-refractivity contribution in [1.82, 2.24) is 25.8 Å². The number of hydrogen-bond donors (Lipinski definition) is 3. The maximum Gasteiger partial charge on any atom is 0.324 e. The Labute approximate surface area is 164 Å². The van der Waals surface area contributed by atoms with Gasteiger partial charge in [-0.25, -0.2) is 4.79 Å². The fourth-order valence-corrected chi connectivity index (χ4v) is 4.78. The van der Waals surface area contributed by atoms with E-state index in [-0.39, 0.29) is 18.5 Å². The summed E-state index contributed by atoms with van der Waals surface area (Å²) in [5, 5.41) is 11.3.